The standard InChI is InChI=1S/C28H17F2N/c29-19-15-16-20(24(30)17-19)23-11-5-7-18-8-6-14-27(28(18)23)31-25-12-3-1-9-21(25)22-10-2-4-13-26(22)31/h1-17H. The number of benzene rings is 5. The molecule has 0 amide bonds. The molecule has 0 spiro atoms. The van der Waals surface area contributed by atoms with E-state index in [0.717, 1.165) is 39.1 Å². The Balaban J connectivity index is 1.78. The maximum atomic E-state index is 14.8. The molecule has 0 unspecified atom stereocenters. The smallest absolute Gasteiger partial charge is 0.133 e. The van der Waals surface area contributed by atoms with E-state index < -0.39 is 11.6 Å². The SMILES string of the molecule is Fc1ccc(-c2cccc3cccc(-n4c5ccccc5c5ccccc54)c23)c(F)c1. The molecule has 0 fully saturated rings. The summed E-state index contributed by atoms with van der Waals surface area (Å²) in [5.74, 6) is -1.14. The van der Waals surface area contributed by atoms with Crippen LogP contribution in [0.2, 0.25) is 0 Å². The minimum Gasteiger partial charge on any atom is -0.309 e. The molecule has 1 aromatic heterocycles. The van der Waals surface area contributed by atoms with E-state index in [9.17, 15) is 8.78 Å². The number of rotatable bonds is 2. The molecule has 0 saturated carbocycles. The van der Waals surface area contributed by atoms with E-state index in [4.69, 9.17) is 0 Å². The van der Waals surface area contributed by atoms with Gasteiger partial charge >= 0.3 is 0 Å². The predicted octanol–water partition coefficient (Wildman–Crippen LogP) is 7.88. The van der Waals surface area contributed by atoms with Gasteiger partial charge in [-0.1, -0.05) is 66.7 Å². The Kier molecular flexibility index (Phi) is 3.90. The van der Waals surface area contributed by atoms with Gasteiger partial charge in [-0.2, -0.15) is 0 Å². The van der Waals surface area contributed by atoms with Crippen LogP contribution in [0.5, 0.6) is 0 Å². The Hall–Kier alpha value is -3.98. The number of nitrogens with zero attached hydrogens (tertiary/aromatic N) is 1. The molecule has 6 aromatic rings. The molecule has 0 radical (unpaired) electrons. The summed E-state index contributed by atoms with van der Waals surface area (Å²) in [4.78, 5) is 0. The van der Waals surface area contributed by atoms with Gasteiger partial charge in [-0.05, 0) is 41.3 Å². The van der Waals surface area contributed by atoms with Crippen molar-refractivity contribution in [1.82, 2.24) is 4.57 Å². The molecule has 31 heavy (non-hydrogen) atoms. The van der Waals surface area contributed by atoms with E-state index in [1.165, 1.54) is 22.9 Å². The molecule has 0 aliphatic carbocycles. The van der Waals surface area contributed by atoms with E-state index >= 15 is 0 Å². The van der Waals surface area contributed by atoms with E-state index in [-0.39, 0.29) is 0 Å². The minimum absolute atomic E-state index is 0.389. The summed E-state index contributed by atoms with van der Waals surface area (Å²) in [5.41, 5.74) is 4.28. The Labute approximate surface area is 177 Å². The molecule has 148 valence electrons. The highest BCUT2D eigenvalue weighted by atomic mass is 19.1. The number of aromatic nitrogens is 1. The van der Waals surface area contributed by atoms with Crippen LogP contribution in [0.1, 0.15) is 0 Å². The lowest BCUT2D eigenvalue weighted by atomic mass is 9.96. The average molecular weight is 405 g/mol. The van der Waals surface area contributed by atoms with Crippen LogP contribution in [0.25, 0.3) is 49.4 Å². The number of hydrogen-bond acceptors (Lipinski definition) is 0. The fourth-order valence-electron chi connectivity index (χ4n) is 4.62. The van der Waals surface area contributed by atoms with Gasteiger partial charge in [0.25, 0.3) is 0 Å². The largest absolute Gasteiger partial charge is 0.309 e. The van der Waals surface area contributed by atoms with Crippen LogP contribution in [0, 0.1) is 11.6 Å². The van der Waals surface area contributed by atoms with Crippen molar-refractivity contribution in [1.29, 1.82) is 0 Å². The molecule has 0 aliphatic heterocycles. The number of hydrogen-bond donors (Lipinski definition) is 0. The van der Waals surface area contributed by atoms with Crippen molar-refractivity contribution in [2.45, 2.75) is 0 Å². The fourth-order valence-corrected chi connectivity index (χ4v) is 4.62. The number of para-hydroxylation sites is 2. The van der Waals surface area contributed by atoms with Crippen molar-refractivity contribution < 1.29 is 8.78 Å². The third kappa shape index (κ3) is 2.67. The lowest BCUT2D eigenvalue weighted by Gasteiger charge is -2.15. The van der Waals surface area contributed by atoms with Crippen LogP contribution in [0.3, 0.4) is 0 Å². The third-order valence-electron chi connectivity index (χ3n) is 5.92. The maximum absolute atomic E-state index is 14.8. The van der Waals surface area contributed by atoms with Crippen molar-refractivity contribution >= 4 is 32.6 Å². The van der Waals surface area contributed by atoms with Gasteiger partial charge in [0.15, 0.2) is 0 Å². The first-order chi connectivity index (χ1) is 15.2. The molecule has 5 aromatic carbocycles. The van der Waals surface area contributed by atoms with Crippen LogP contribution >= 0.6 is 0 Å². The highest BCUT2D eigenvalue weighted by molar-refractivity contribution is 6.12. The normalized spacial score (nSPS) is 11.5. The molecule has 0 atom stereocenters. The molecule has 0 saturated heterocycles. The van der Waals surface area contributed by atoms with Crippen molar-refractivity contribution in [2.75, 3.05) is 0 Å². The lowest BCUT2D eigenvalue weighted by Crippen LogP contribution is -1.97. The van der Waals surface area contributed by atoms with E-state index in [0.29, 0.717) is 5.56 Å². The topological polar surface area (TPSA) is 4.93 Å². The second-order valence-electron chi connectivity index (χ2n) is 7.67. The van der Waals surface area contributed by atoms with Crippen LogP contribution in [0.4, 0.5) is 8.78 Å². The average Bonchev–Trinajstić information content (AvgIpc) is 3.13. The van der Waals surface area contributed by atoms with E-state index in [1.807, 2.05) is 54.6 Å². The van der Waals surface area contributed by atoms with Crippen molar-refractivity contribution in [3.8, 4) is 16.8 Å². The Morgan fingerprint density at radius 3 is 1.87 bits per heavy atom. The first-order valence-corrected chi connectivity index (χ1v) is 10.2. The molecule has 0 N–H and O–H groups in total. The zero-order chi connectivity index (χ0) is 20.9. The molecular weight excluding hydrogens is 388 g/mol. The van der Waals surface area contributed by atoms with Gasteiger partial charge in [0.1, 0.15) is 11.6 Å². The summed E-state index contributed by atoms with van der Waals surface area (Å²) in [5, 5.41) is 4.27. The van der Waals surface area contributed by atoms with Gasteiger partial charge in [-0.25, -0.2) is 8.78 Å². The van der Waals surface area contributed by atoms with E-state index in [1.54, 1.807) is 0 Å². The second kappa shape index (κ2) is 6.78. The van der Waals surface area contributed by atoms with Gasteiger partial charge < -0.3 is 4.57 Å². The van der Waals surface area contributed by atoms with Gasteiger partial charge in [0.2, 0.25) is 0 Å². The first kappa shape index (κ1) is 17.8. The zero-order valence-electron chi connectivity index (χ0n) is 16.5. The van der Waals surface area contributed by atoms with Gasteiger partial charge in [0, 0.05) is 27.8 Å². The Morgan fingerprint density at radius 2 is 1.19 bits per heavy atom. The quantitative estimate of drug-likeness (QED) is 0.276. The number of halogens is 2. The summed E-state index contributed by atoms with van der Waals surface area (Å²) in [6.45, 7) is 0. The molecular formula is C28H17F2N. The summed E-state index contributed by atoms with van der Waals surface area (Å²) in [7, 11) is 0. The zero-order valence-corrected chi connectivity index (χ0v) is 16.5. The summed E-state index contributed by atoms with van der Waals surface area (Å²) in [6.07, 6.45) is 0. The third-order valence-corrected chi connectivity index (χ3v) is 5.92. The van der Waals surface area contributed by atoms with Crippen LogP contribution in [-0.2, 0) is 0 Å². The van der Waals surface area contributed by atoms with Gasteiger partial charge in [0.05, 0.1) is 16.7 Å². The molecule has 6 rings (SSSR count). The number of fused-ring (bicyclic) bond motifs is 4. The molecule has 1 nitrogen and oxygen atoms in total. The predicted molar refractivity (Wildman–Crippen MR) is 124 cm³/mol. The lowest BCUT2D eigenvalue weighted by molar-refractivity contribution is 0.585. The van der Waals surface area contributed by atoms with Crippen molar-refractivity contribution in [3.63, 3.8) is 0 Å². The maximum Gasteiger partial charge on any atom is 0.133 e. The van der Waals surface area contributed by atoms with Crippen LogP contribution < -0.4 is 0 Å². The highest BCUT2D eigenvalue weighted by Crippen LogP contribution is 2.38. The highest BCUT2D eigenvalue weighted by Gasteiger charge is 2.17. The second-order valence-corrected chi connectivity index (χ2v) is 7.67. The van der Waals surface area contributed by atoms with E-state index in [2.05, 4.69) is 34.9 Å². The fraction of sp³-hybridized carbons (Fsp3) is 0. The summed E-state index contributed by atoms with van der Waals surface area (Å²) < 4.78 is 30.6. The van der Waals surface area contributed by atoms with Crippen LogP contribution in [0.15, 0.2) is 103 Å². The van der Waals surface area contributed by atoms with Gasteiger partial charge in [-0.15, -0.1) is 0 Å². The van der Waals surface area contributed by atoms with Crippen molar-refractivity contribution in [3.05, 3.63) is 115 Å². The Morgan fingerprint density at radius 1 is 0.548 bits per heavy atom. The molecule has 1 heterocycles. The van der Waals surface area contributed by atoms with Crippen molar-refractivity contribution in [2.24, 2.45) is 0 Å². The summed E-state index contributed by atoms with van der Waals surface area (Å²) in [6, 6.07) is 32.3. The molecule has 0 bridgehead atoms. The monoisotopic (exact) mass is 405 g/mol. The molecule has 3 heteroatoms. The summed E-state index contributed by atoms with van der Waals surface area (Å²) >= 11 is 0. The Bertz CT molecular complexity index is 1550. The minimum atomic E-state index is -0.580. The molecule has 0 aliphatic rings. The van der Waals surface area contributed by atoms with Crippen LogP contribution in [-0.4, -0.2) is 4.57 Å². The first-order valence-electron chi connectivity index (χ1n) is 10.2. The van der Waals surface area contributed by atoms with Gasteiger partial charge in [-0.3, -0.25) is 0 Å².